The van der Waals surface area contributed by atoms with Crippen molar-refractivity contribution in [3.8, 4) is 0 Å². The van der Waals surface area contributed by atoms with E-state index >= 15 is 0 Å². The monoisotopic (exact) mass is 186 g/mol. The van der Waals surface area contributed by atoms with Crippen LogP contribution in [0.5, 0.6) is 0 Å². The Hall–Kier alpha value is -1.04. The topological polar surface area (TPSA) is 0 Å². The molecule has 1 aromatic rings. The van der Waals surface area contributed by atoms with Crippen LogP contribution in [-0.2, 0) is 12.8 Å². The molecule has 74 valence electrons. The number of rotatable bonds is 0. The van der Waals surface area contributed by atoms with E-state index in [1.165, 1.54) is 24.0 Å². The minimum absolute atomic E-state index is 1.13. The van der Waals surface area contributed by atoms with E-state index in [4.69, 9.17) is 0 Å². The van der Waals surface area contributed by atoms with E-state index in [1.54, 1.807) is 16.7 Å². The van der Waals surface area contributed by atoms with Gasteiger partial charge in [-0.1, -0.05) is 23.8 Å². The third kappa shape index (κ3) is 1.61. The van der Waals surface area contributed by atoms with Gasteiger partial charge in [0.2, 0.25) is 0 Å². The van der Waals surface area contributed by atoms with Gasteiger partial charge in [0, 0.05) is 0 Å². The van der Waals surface area contributed by atoms with Crippen LogP contribution in [0.15, 0.2) is 23.8 Å². The molecule has 0 spiro atoms. The number of allylic oxidation sites excluding steroid dienone is 2. The van der Waals surface area contributed by atoms with Crippen LogP contribution < -0.4 is 0 Å². The summed E-state index contributed by atoms with van der Waals surface area (Å²) >= 11 is 0. The van der Waals surface area contributed by atoms with E-state index in [2.05, 4.69) is 39.0 Å². The van der Waals surface area contributed by atoms with Gasteiger partial charge in [-0.3, -0.25) is 0 Å². The first-order chi connectivity index (χ1) is 6.68. The molecule has 0 N–H and O–H groups in total. The van der Waals surface area contributed by atoms with Gasteiger partial charge in [-0.25, -0.2) is 0 Å². The standard InChI is InChI=1S/C14H18/c1-10-4-8-13-11(2)6-7-12(3)14(13)9-5-10/h4,6-7H,5,8-9H2,1-3H3. The molecule has 0 heterocycles. The van der Waals surface area contributed by atoms with E-state index in [-0.39, 0.29) is 0 Å². The smallest absolute Gasteiger partial charge is 0.00894 e. The molecule has 0 radical (unpaired) electrons. The van der Waals surface area contributed by atoms with Crippen molar-refractivity contribution in [3.05, 3.63) is 46.0 Å². The van der Waals surface area contributed by atoms with E-state index in [1.807, 2.05) is 0 Å². The molecule has 0 unspecified atom stereocenters. The van der Waals surface area contributed by atoms with Gasteiger partial charge < -0.3 is 0 Å². The zero-order chi connectivity index (χ0) is 10.1. The molecule has 0 nitrogen and oxygen atoms in total. The van der Waals surface area contributed by atoms with Crippen LogP contribution in [0, 0.1) is 13.8 Å². The molecule has 0 aliphatic heterocycles. The largest absolute Gasteiger partial charge is 0.0812 e. The van der Waals surface area contributed by atoms with Crippen molar-refractivity contribution >= 4 is 0 Å². The number of benzene rings is 1. The highest BCUT2D eigenvalue weighted by molar-refractivity contribution is 5.43. The van der Waals surface area contributed by atoms with Gasteiger partial charge in [0.1, 0.15) is 0 Å². The fourth-order valence-electron chi connectivity index (χ4n) is 2.26. The van der Waals surface area contributed by atoms with Gasteiger partial charge >= 0.3 is 0 Å². The summed E-state index contributed by atoms with van der Waals surface area (Å²) < 4.78 is 0. The van der Waals surface area contributed by atoms with E-state index < -0.39 is 0 Å². The molecule has 0 saturated carbocycles. The van der Waals surface area contributed by atoms with E-state index in [0.29, 0.717) is 0 Å². The Balaban J connectivity index is 2.51. The van der Waals surface area contributed by atoms with Gasteiger partial charge in [0.15, 0.2) is 0 Å². The lowest BCUT2D eigenvalue weighted by atomic mass is 9.94. The summed E-state index contributed by atoms with van der Waals surface area (Å²) in [6, 6.07) is 4.51. The quantitative estimate of drug-likeness (QED) is 0.541. The Bertz CT molecular complexity index is 383. The fourth-order valence-corrected chi connectivity index (χ4v) is 2.26. The SMILES string of the molecule is CC1=CCc2c(C)ccc(C)c2CC1. The summed E-state index contributed by atoms with van der Waals surface area (Å²) in [5, 5.41) is 0. The maximum atomic E-state index is 2.39. The van der Waals surface area contributed by atoms with Crippen molar-refractivity contribution in [2.24, 2.45) is 0 Å². The molecule has 1 aliphatic carbocycles. The van der Waals surface area contributed by atoms with Crippen LogP contribution in [0.2, 0.25) is 0 Å². The second-order valence-electron chi connectivity index (χ2n) is 4.41. The maximum Gasteiger partial charge on any atom is -0.00894 e. The van der Waals surface area contributed by atoms with Crippen molar-refractivity contribution in [1.82, 2.24) is 0 Å². The molecular weight excluding hydrogens is 168 g/mol. The summed E-state index contributed by atoms with van der Waals surface area (Å²) in [5.41, 5.74) is 7.63. The molecule has 0 aromatic heterocycles. The first kappa shape index (κ1) is 9.51. The number of aryl methyl sites for hydroxylation is 2. The molecule has 0 saturated heterocycles. The zero-order valence-corrected chi connectivity index (χ0v) is 9.35. The van der Waals surface area contributed by atoms with Gasteiger partial charge in [0.05, 0.1) is 0 Å². The van der Waals surface area contributed by atoms with Gasteiger partial charge in [-0.2, -0.15) is 0 Å². The second-order valence-corrected chi connectivity index (χ2v) is 4.41. The third-order valence-corrected chi connectivity index (χ3v) is 3.32. The van der Waals surface area contributed by atoms with Crippen molar-refractivity contribution in [1.29, 1.82) is 0 Å². The normalized spacial score (nSPS) is 15.8. The molecule has 0 heteroatoms. The summed E-state index contributed by atoms with van der Waals surface area (Å²) in [6.07, 6.45) is 5.98. The Morgan fingerprint density at radius 2 is 1.50 bits per heavy atom. The van der Waals surface area contributed by atoms with Gasteiger partial charge in [-0.15, -0.1) is 0 Å². The van der Waals surface area contributed by atoms with Crippen LogP contribution in [-0.4, -0.2) is 0 Å². The molecule has 0 atom stereocenters. The average Bonchev–Trinajstić information content (AvgIpc) is 2.35. The first-order valence-corrected chi connectivity index (χ1v) is 5.42. The highest BCUT2D eigenvalue weighted by Crippen LogP contribution is 2.25. The maximum absolute atomic E-state index is 2.39. The second kappa shape index (κ2) is 3.61. The molecule has 1 aliphatic rings. The molecule has 2 rings (SSSR count). The Morgan fingerprint density at radius 3 is 2.21 bits per heavy atom. The predicted molar refractivity (Wildman–Crippen MR) is 61.7 cm³/mol. The summed E-state index contributed by atoms with van der Waals surface area (Å²) in [7, 11) is 0. The number of fused-ring (bicyclic) bond motifs is 1. The van der Waals surface area contributed by atoms with Crippen LogP contribution >= 0.6 is 0 Å². The van der Waals surface area contributed by atoms with Crippen molar-refractivity contribution in [2.75, 3.05) is 0 Å². The lowest BCUT2D eigenvalue weighted by Crippen LogP contribution is -1.97. The molecular formula is C14H18. The highest BCUT2D eigenvalue weighted by Gasteiger charge is 2.10. The zero-order valence-electron chi connectivity index (χ0n) is 9.35. The summed E-state index contributed by atoms with van der Waals surface area (Å²) in [4.78, 5) is 0. The van der Waals surface area contributed by atoms with Crippen LogP contribution in [0.1, 0.15) is 35.6 Å². The van der Waals surface area contributed by atoms with Crippen molar-refractivity contribution in [2.45, 2.75) is 40.0 Å². The lowest BCUT2D eigenvalue weighted by molar-refractivity contribution is 0.934. The van der Waals surface area contributed by atoms with Crippen LogP contribution in [0.3, 0.4) is 0 Å². The Morgan fingerprint density at radius 1 is 0.857 bits per heavy atom. The molecule has 0 amide bonds. The molecule has 14 heavy (non-hydrogen) atoms. The lowest BCUT2D eigenvalue weighted by Gasteiger charge is -2.11. The first-order valence-electron chi connectivity index (χ1n) is 5.42. The predicted octanol–water partition coefficient (Wildman–Crippen LogP) is 3.74. The van der Waals surface area contributed by atoms with Gasteiger partial charge in [-0.05, 0) is 62.3 Å². The summed E-state index contributed by atoms with van der Waals surface area (Å²) in [5.74, 6) is 0. The molecule has 1 aromatic carbocycles. The Labute approximate surface area is 86.7 Å². The molecule has 0 fully saturated rings. The minimum Gasteiger partial charge on any atom is -0.0812 e. The third-order valence-electron chi connectivity index (χ3n) is 3.32. The minimum atomic E-state index is 1.13. The van der Waals surface area contributed by atoms with Crippen LogP contribution in [0.25, 0.3) is 0 Å². The number of hydrogen-bond acceptors (Lipinski definition) is 0. The van der Waals surface area contributed by atoms with Crippen LogP contribution in [0.4, 0.5) is 0 Å². The number of hydrogen-bond donors (Lipinski definition) is 0. The Kier molecular flexibility index (Phi) is 2.45. The fraction of sp³-hybridized carbons (Fsp3) is 0.429. The highest BCUT2D eigenvalue weighted by atomic mass is 14.2. The van der Waals surface area contributed by atoms with Crippen molar-refractivity contribution in [3.63, 3.8) is 0 Å². The van der Waals surface area contributed by atoms with E-state index in [0.717, 1.165) is 6.42 Å². The van der Waals surface area contributed by atoms with Gasteiger partial charge in [0.25, 0.3) is 0 Å². The average molecular weight is 186 g/mol. The van der Waals surface area contributed by atoms with Crippen molar-refractivity contribution < 1.29 is 0 Å². The summed E-state index contributed by atoms with van der Waals surface area (Å²) in [6.45, 7) is 6.71. The van der Waals surface area contributed by atoms with E-state index in [9.17, 15) is 0 Å². The molecule has 0 bridgehead atoms.